The maximum Gasteiger partial charge on any atom is 0.326 e. The van der Waals surface area contributed by atoms with Gasteiger partial charge in [0.05, 0.1) is 7.11 Å². The Bertz CT molecular complexity index is 1200. The summed E-state index contributed by atoms with van der Waals surface area (Å²) in [5.41, 5.74) is 5.06. The van der Waals surface area contributed by atoms with Gasteiger partial charge in [-0.05, 0) is 80.4 Å². The average molecular weight is 460 g/mol. The lowest BCUT2D eigenvalue weighted by atomic mass is 9.74. The zero-order valence-corrected chi connectivity index (χ0v) is 19.7. The van der Waals surface area contributed by atoms with Crippen LogP contribution in [0.1, 0.15) is 29.5 Å². The van der Waals surface area contributed by atoms with Crippen molar-refractivity contribution in [1.29, 1.82) is 0 Å². The summed E-state index contributed by atoms with van der Waals surface area (Å²) in [4.78, 5) is 17.5. The van der Waals surface area contributed by atoms with Crippen molar-refractivity contribution in [2.45, 2.75) is 31.7 Å². The molecule has 1 saturated heterocycles. The van der Waals surface area contributed by atoms with E-state index in [9.17, 15) is 9.18 Å². The minimum atomic E-state index is -0.366. The molecule has 1 N–H and O–H groups in total. The molecule has 0 saturated carbocycles. The predicted molar refractivity (Wildman–Crippen MR) is 133 cm³/mol. The van der Waals surface area contributed by atoms with E-state index in [2.05, 4.69) is 41.4 Å². The number of carbonyl (C=O) groups excluding carboxylic acids is 1. The van der Waals surface area contributed by atoms with Gasteiger partial charge in [0.1, 0.15) is 11.6 Å². The van der Waals surface area contributed by atoms with Crippen molar-refractivity contribution in [1.82, 2.24) is 4.90 Å². The zero-order valence-electron chi connectivity index (χ0n) is 19.7. The minimum absolute atomic E-state index is 0.0640. The van der Waals surface area contributed by atoms with Gasteiger partial charge in [-0.3, -0.25) is 9.80 Å². The number of nitrogens with zero attached hydrogens (tertiary/aromatic N) is 2. The van der Waals surface area contributed by atoms with Crippen LogP contribution in [-0.4, -0.2) is 37.7 Å². The third-order valence-electron chi connectivity index (χ3n) is 7.15. The highest BCUT2D eigenvalue weighted by Gasteiger charge is 2.46. The molecule has 5 nitrogen and oxygen atoms in total. The van der Waals surface area contributed by atoms with Gasteiger partial charge >= 0.3 is 6.03 Å². The molecule has 0 aromatic heterocycles. The number of benzene rings is 3. The molecule has 2 aliphatic rings. The van der Waals surface area contributed by atoms with Crippen LogP contribution in [0, 0.1) is 12.7 Å². The van der Waals surface area contributed by atoms with Crippen molar-refractivity contribution in [2.24, 2.45) is 0 Å². The number of hydrogen-bond donors (Lipinski definition) is 1. The summed E-state index contributed by atoms with van der Waals surface area (Å²) in [7, 11) is 1.69. The van der Waals surface area contributed by atoms with Gasteiger partial charge in [-0.1, -0.05) is 35.9 Å². The number of methoxy groups -OCH3 is 1. The first-order valence-corrected chi connectivity index (χ1v) is 11.8. The summed E-state index contributed by atoms with van der Waals surface area (Å²) in [5, 5.41) is 2.88. The molecule has 0 bridgehead atoms. The Morgan fingerprint density at radius 1 is 1.06 bits per heavy atom. The number of rotatable bonds is 4. The molecule has 0 unspecified atom stereocenters. The van der Waals surface area contributed by atoms with Crippen molar-refractivity contribution in [3.63, 3.8) is 0 Å². The van der Waals surface area contributed by atoms with E-state index in [1.165, 1.54) is 28.8 Å². The molecule has 2 aliphatic heterocycles. The second-order valence-electron chi connectivity index (χ2n) is 9.46. The van der Waals surface area contributed by atoms with Gasteiger partial charge in [0.25, 0.3) is 0 Å². The molecule has 1 spiro atoms. The molecule has 6 heteroatoms. The highest BCUT2D eigenvalue weighted by molar-refractivity contribution is 6.03. The smallest absolute Gasteiger partial charge is 0.326 e. The third kappa shape index (κ3) is 4.38. The fourth-order valence-electron chi connectivity index (χ4n) is 5.32. The highest BCUT2D eigenvalue weighted by Crippen LogP contribution is 2.47. The Balaban J connectivity index is 1.33. The summed E-state index contributed by atoms with van der Waals surface area (Å²) < 4.78 is 19.0. The van der Waals surface area contributed by atoms with Crippen molar-refractivity contribution >= 4 is 17.4 Å². The van der Waals surface area contributed by atoms with E-state index in [0.29, 0.717) is 12.2 Å². The number of carbonyl (C=O) groups is 1. The monoisotopic (exact) mass is 459 g/mol. The van der Waals surface area contributed by atoms with Crippen LogP contribution in [-0.2, 0) is 12.0 Å². The number of piperidine rings is 1. The van der Waals surface area contributed by atoms with Crippen LogP contribution in [0.25, 0.3) is 0 Å². The zero-order chi connectivity index (χ0) is 23.7. The van der Waals surface area contributed by atoms with Gasteiger partial charge in [-0.2, -0.15) is 0 Å². The number of fused-ring (bicyclic) bond motifs is 2. The van der Waals surface area contributed by atoms with E-state index in [1.807, 2.05) is 23.1 Å². The van der Waals surface area contributed by atoms with Crippen LogP contribution in [0.4, 0.5) is 20.6 Å². The third-order valence-corrected chi connectivity index (χ3v) is 7.15. The number of halogens is 1. The van der Waals surface area contributed by atoms with Gasteiger partial charge in [-0.25, -0.2) is 9.18 Å². The molecule has 176 valence electrons. The maximum absolute atomic E-state index is 13.6. The summed E-state index contributed by atoms with van der Waals surface area (Å²) in [6.45, 7) is 5.55. The van der Waals surface area contributed by atoms with Crippen LogP contribution >= 0.6 is 0 Å². The van der Waals surface area contributed by atoms with E-state index >= 15 is 0 Å². The lowest BCUT2D eigenvalue weighted by Crippen LogP contribution is -2.46. The minimum Gasteiger partial charge on any atom is -0.497 e. The van der Waals surface area contributed by atoms with Crippen LogP contribution in [0.15, 0.2) is 66.7 Å². The molecule has 0 aliphatic carbocycles. The molecular weight excluding hydrogens is 429 g/mol. The molecule has 1 fully saturated rings. The van der Waals surface area contributed by atoms with Gasteiger partial charge in [0, 0.05) is 29.9 Å². The van der Waals surface area contributed by atoms with Crippen molar-refractivity contribution in [3.05, 3.63) is 89.2 Å². The number of nitrogens with one attached hydrogen (secondary N) is 1. The number of anilines is 2. The maximum atomic E-state index is 13.6. The van der Waals surface area contributed by atoms with Gasteiger partial charge in [-0.15, -0.1) is 0 Å². The van der Waals surface area contributed by atoms with Crippen LogP contribution < -0.4 is 15.0 Å². The van der Waals surface area contributed by atoms with Gasteiger partial charge in [0.15, 0.2) is 0 Å². The van der Waals surface area contributed by atoms with Crippen molar-refractivity contribution in [2.75, 3.05) is 37.0 Å². The normalized spacial score (nSPS) is 17.0. The Kier molecular flexibility index (Phi) is 6.00. The SMILES string of the molecule is COc1cccc(CN2CCC3(CC2)CN(C(=O)Nc2cccc(F)c2)c2ccc(C)cc23)c1. The number of hydrogen-bond acceptors (Lipinski definition) is 3. The Morgan fingerprint density at radius 2 is 1.85 bits per heavy atom. The van der Waals surface area contributed by atoms with Crippen LogP contribution in [0.5, 0.6) is 5.75 Å². The number of amides is 2. The molecule has 3 aromatic carbocycles. The lowest BCUT2D eigenvalue weighted by Gasteiger charge is -2.40. The van der Waals surface area contributed by atoms with E-state index in [0.717, 1.165) is 43.9 Å². The van der Waals surface area contributed by atoms with E-state index < -0.39 is 0 Å². The molecule has 34 heavy (non-hydrogen) atoms. The summed E-state index contributed by atoms with van der Waals surface area (Å²) >= 11 is 0. The fourth-order valence-corrected chi connectivity index (χ4v) is 5.32. The Labute approximate surface area is 200 Å². The quantitative estimate of drug-likeness (QED) is 0.542. The van der Waals surface area contributed by atoms with Gasteiger partial charge in [0.2, 0.25) is 0 Å². The molecular formula is C28H30FN3O2. The molecule has 5 rings (SSSR count). The van der Waals surface area contributed by atoms with Gasteiger partial charge < -0.3 is 10.1 Å². The molecule has 0 atom stereocenters. The molecule has 0 radical (unpaired) electrons. The van der Waals surface area contributed by atoms with E-state index in [1.54, 1.807) is 19.2 Å². The van der Waals surface area contributed by atoms with Crippen LogP contribution in [0.3, 0.4) is 0 Å². The molecule has 3 aromatic rings. The number of urea groups is 1. The predicted octanol–water partition coefficient (Wildman–Crippen LogP) is 5.73. The number of ether oxygens (including phenoxy) is 1. The lowest BCUT2D eigenvalue weighted by molar-refractivity contribution is 0.160. The highest BCUT2D eigenvalue weighted by atomic mass is 19.1. The fraction of sp³-hybridized carbons (Fsp3) is 0.321. The van der Waals surface area contributed by atoms with Crippen LogP contribution in [0.2, 0.25) is 0 Å². The second-order valence-corrected chi connectivity index (χ2v) is 9.46. The Hall–Kier alpha value is -3.38. The first kappa shape index (κ1) is 22.4. The van der Waals surface area contributed by atoms with E-state index in [-0.39, 0.29) is 17.3 Å². The van der Waals surface area contributed by atoms with Crippen molar-refractivity contribution in [3.8, 4) is 5.75 Å². The standard InChI is InChI=1S/C28H30FN3O2/c1-20-9-10-26-25(15-20)28(19-32(26)27(33)30-23-7-4-6-22(29)17-23)11-13-31(14-12-28)18-21-5-3-8-24(16-21)34-2/h3-10,15-17H,11-14,18-19H2,1-2H3,(H,30,33). The summed E-state index contributed by atoms with van der Waals surface area (Å²) in [6, 6.07) is 20.4. The number of likely N-dealkylation sites (tertiary alicyclic amines) is 1. The Morgan fingerprint density at radius 3 is 2.62 bits per heavy atom. The topological polar surface area (TPSA) is 44.8 Å². The summed E-state index contributed by atoms with van der Waals surface area (Å²) in [6.07, 6.45) is 1.97. The number of aryl methyl sites for hydroxylation is 1. The van der Waals surface area contributed by atoms with E-state index in [4.69, 9.17) is 4.74 Å². The first-order chi connectivity index (χ1) is 16.5. The average Bonchev–Trinajstić information content (AvgIpc) is 3.14. The summed E-state index contributed by atoms with van der Waals surface area (Å²) in [5.74, 6) is 0.515. The molecule has 2 heterocycles. The largest absolute Gasteiger partial charge is 0.497 e. The first-order valence-electron chi connectivity index (χ1n) is 11.8. The molecule has 2 amide bonds. The second kappa shape index (κ2) is 9.11. The van der Waals surface area contributed by atoms with Crippen molar-refractivity contribution < 1.29 is 13.9 Å².